The second kappa shape index (κ2) is 9.00. The molecule has 4 nitrogen and oxygen atoms in total. The van der Waals surface area contributed by atoms with Gasteiger partial charge in [0.2, 0.25) is 0 Å². The summed E-state index contributed by atoms with van der Waals surface area (Å²) in [4.78, 5) is 24.5. The zero-order valence-electron chi connectivity index (χ0n) is 15.9. The minimum absolute atomic E-state index is 0.0877. The minimum atomic E-state index is -0.121. The number of carbonyl (C=O) groups excluding carboxylic acids is 2. The maximum absolute atomic E-state index is 12.2. The van der Waals surface area contributed by atoms with Crippen LogP contribution in [0.25, 0.3) is 0 Å². The third-order valence-electron chi connectivity index (χ3n) is 4.39. The fraction of sp³-hybridized carbons (Fsp3) is 0.167. The van der Waals surface area contributed by atoms with Gasteiger partial charge >= 0.3 is 0 Å². The molecule has 0 spiro atoms. The van der Waals surface area contributed by atoms with Gasteiger partial charge in [-0.05, 0) is 53.9 Å². The number of anilines is 1. The number of nitrogen functional groups attached to an aromatic ring is 1. The normalized spacial score (nSPS) is 10.5. The molecule has 0 aliphatic rings. The lowest BCUT2D eigenvalue weighted by Crippen LogP contribution is -2.13. The number of carbonyl (C=O) groups is 2. The Hall–Kier alpha value is -3.40. The smallest absolute Gasteiger partial charge is 0.144 e. The van der Waals surface area contributed by atoms with E-state index in [0.717, 1.165) is 22.4 Å². The highest BCUT2D eigenvalue weighted by molar-refractivity contribution is 6.01. The number of para-hydroxylation sites is 1. The number of hydrogen-bond acceptors (Lipinski definition) is 4. The second-order valence-corrected chi connectivity index (χ2v) is 6.87. The quantitative estimate of drug-likeness (QED) is 0.460. The molecule has 2 N–H and O–H groups in total. The summed E-state index contributed by atoms with van der Waals surface area (Å²) >= 11 is 0. The van der Waals surface area contributed by atoms with E-state index in [4.69, 9.17) is 10.5 Å². The molecule has 0 atom stereocenters. The van der Waals surface area contributed by atoms with Crippen LogP contribution in [-0.2, 0) is 22.4 Å². The van der Waals surface area contributed by atoms with Crippen LogP contribution in [0.15, 0.2) is 72.8 Å². The summed E-state index contributed by atoms with van der Waals surface area (Å²) in [5, 5.41) is 0. The fourth-order valence-electron chi connectivity index (χ4n) is 2.96. The highest BCUT2D eigenvalue weighted by atomic mass is 16.5. The van der Waals surface area contributed by atoms with Crippen molar-refractivity contribution in [2.45, 2.75) is 26.2 Å². The molecule has 3 rings (SSSR count). The minimum Gasteiger partial charge on any atom is -0.457 e. The van der Waals surface area contributed by atoms with E-state index in [9.17, 15) is 9.59 Å². The lowest BCUT2D eigenvalue weighted by Gasteiger charge is -2.07. The summed E-state index contributed by atoms with van der Waals surface area (Å²) in [5.41, 5.74) is 9.21. The molecule has 3 aromatic rings. The summed E-state index contributed by atoms with van der Waals surface area (Å²) < 4.78 is 5.74. The molecule has 0 unspecified atom stereocenters. The second-order valence-electron chi connectivity index (χ2n) is 6.87. The van der Waals surface area contributed by atoms with Gasteiger partial charge in [0.1, 0.15) is 23.1 Å². The number of hydrogen-bond donors (Lipinski definition) is 1. The third-order valence-corrected chi connectivity index (χ3v) is 4.39. The predicted molar refractivity (Wildman–Crippen MR) is 111 cm³/mol. The first-order valence-corrected chi connectivity index (χ1v) is 9.20. The highest BCUT2D eigenvalue weighted by Crippen LogP contribution is 2.21. The van der Waals surface area contributed by atoms with Gasteiger partial charge in [-0.25, -0.2) is 0 Å². The van der Waals surface area contributed by atoms with E-state index in [1.165, 1.54) is 0 Å². The highest BCUT2D eigenvalue weighted by Gasteiger charge is 2.13. The number of rotatable bonds is 8. The molecule has 0 heterocycles. The summed E-state index contributed by atoms with van der Waals surface area (Å²) in [6, 6.07) is 22.4. The molecule has 0 aromatic heterocycles. The van der Waals surface area contributed by atoms with Gasteiger partial charge in [0.05, 0.1) is 6.42 Å². The Morgan fingerprint density at radius 2 is 1.46 bits per heavy atom. The predicted octanol–water partition coefficient (Wildman–Crippen LogP) is 4.68. The van der Waals surface area contributed by atoms with Gasteiger partial charge in [-0.15, -0.1) is 0 Å². The van der Waals surface area contributed by atoms with E-state index in [0.29, 0.717) is 11.4 Å². The molecular weight excluding hydrogens is 350 g/mol. The molecule has 0 saturated heterocycles. The Labute approximate surface area is 165 Å². The summed E-state index contributed by atoms with van der Waals surface area (Å²) in [5.74, 6) is 1.23. The van der Waals surface area contributed by atoms with Crippen LogP contribution >= 0.6 is 0 Å². The molecule has 3 aromatic carbocycles. The van der Waals surface area contributed by atoms with Gasteiger partial charge < -0.3 is 10.5 Å². The van der Waals surface area contributed by atoms with Crippen molar-refractivity contribution >= 4 is 17.3 Å². The number of aryl methyl sites for hydroxylation is 1. The van der Waals surface area contributed by atoms with Crippen molar-refractivity contribution in [3.8, 4) is 11.5 Å². The molecule has 0 amide bonds. The molecule has 0 radical (unpaired) electrons. The third kappa shape index (κ3) is 5.55. The maximum Gasteiger partial charge on any atom is 0.144 e. The van der Waals surface area contributed by atoms with Crippen molar-refractivity contribution in [3.05, 3.63) is 89.5 Å². The lowest BCUT2D eigenvalue weighted by atomic mass is 10.00. The topological polar surface area (TPSA) is 69.4 Å². The van der Waals surface area contributed by atoms with Crippen LogP contribution in [0.1, 0.15) is 23.1 Å². The van der Waals surface area contributed by atoms with Crippen LogP contribution < -0.4 is 10.5 Å². The van der Waals surface area contributed by atoms with E-state index >= 15 is 0 Å². The number of benzene rings is 3. The van der Waals surface area contributed by atoms with Crippen molar-refractivity contribution in [2.75, 3.05) is 5.73 Å². The first-order chi connectivity index (χ1) is 13.5. The lowest BCUT2D eigenvalue weighted by molar-refractivity contribution is -0.126. The van der Waals surface area contributed by atoms with Crippen LogP contribution in [0, 0.1) is 6.92 Å². The molecule has 28 heavy (non-hydrogen) atoms. The molecule has 0 fully saturated rings. The Morgan fingerprint density at radius 3 is 2.14 bits per heavy atom. The zero-order valence-corrected chi connectivity index (χ0v) is 15.9. The van der Waals surface area contributed by atoms with Crippen molar-refractivity contribution in [1.82, 2.24) is 0 Å². The van der Waals surface area contributed by atoms with Crippen molar-refractivity contribution in [2.24, 2.45) is 0 Å². The fourth-order valence-corrected chi connectivity index (χ4v) is 2.96. The average molecular weight is 373 g/mol. The van der Waals surface area contributed by atoms with Crippen LogP contribution in [0.5, 0.6) is 11.5 Å². The number of nitrogens with two attached hydrogens (primary N) is 1. The molecular formula is C24H23NO3. The van der Waals surface area contributed by atoms with Crippen molar-refractivity contribution < 1.29 is 14.3 Å². The van der Waals surface area contributed by atoms with Gasteiger partial charge in [-0.3, -0.25) is 9.59 Å². The van der Waals surface area contributed by atoms with Crippen LogP contribution in [-0.4, -0.2) is 11.6 Å². The first kappa shape index (κ1) is 19.4. The van der Waals surface area contributed by atoms with Crippen molar-refractivity contribution in [1.29, 1.82) is 0 Å². The van der Waals surface area contributed by atoms with Gasteiger partial charge in [-0.1, -0.05) is 42.5 Å². The van der Waals surface area contributed by atoms with Gasteiger partial charge in [0.25, 0.3) is 0 Å². The molecule has 0 bridgehead atoms. The average Bonchev–Trinajstić information content (AvgIpc) is 2.66. The Morgan fingerprint density at radius 1 is 0.821 bits per heavy atom. The molecule has 4 heteroatoms. The first-order valence-electron chi connectivity index (χ1n) is 9.20. The Balaban J connectivity index is 1.52. The van der Waals surface area contributed by atoms with E-state index in [1.54, 1.807) is 0 Å². The summed E-state index contributed by atoms with van der Waals surface area (Å²) in [6.45, 7) is 1.95. The SMILES string of the molecule is Cc1ccc(CC(=O)CC(=O)Cc2ccc(Oc3ccccc3)cc2)c(N)c1. The van der Waals surface area contributed by atoms with Crippen LogP contribution in [0.3, 0.4) is 0 Å². The standard InChI is InChI=1S/C24H23NO3/c1-17-7-10-19(24(25)13-17)15-21(27)16-20(26)14-18-8-11-23(12-9-18)28-22-5-3-2-4-6-22/h2-13H,14-16,25H2,1H3. The molecule has 0 aliphatic carbocycles. The van der Waals surface area contributed by atoms with E-state index < -0.39 is 0 Å². The largest absolute Gasteiger partial charge is 0.457 e. The van der Waals surface area contributed by atoms with Crippen molar-refractivity contribution in [3.63, 3.8) is 0 Å². The zero-order chi connectivity index (χ0) is 19.9. The Bertz CT molecular complexity index is 963. The van der Waals surface area contributed by atoms with E-state index in [2.05, 4.69) is 0 Å². The number of Topliss-reactive ketones (excluding diaryl/α,β-unsaturated/α-hetero) is 2. The number of ether oxygens (including phenoxy) is 1. The maximum atomic E-state index is 12.2. The molecule has 0 saturated carbocycles. The van der Waals surface area contributed by atoms with Gasteiger partial charge in [-0.2, -0.15) is 0 Å². The van der Waals surface area contributed by atoms with Gasteiger partial charge in [0, 0.05) is 18.5 Å². The van der Waals surface area contributed by atoms with Crippen LogP contribution in [0.4, 0.5) is 5.69 Å². The molecule has 142 valence electrons. The van der Waals surface area contributed by atoms with Gasteiger partial charge in [0.15, 0.2) is 0 Å². The van der Waals surface area contributed by atoms with Crippen LogP contribution in [0.2, 0.25) is 0 Å². The Kier molecular flexibility index (Phi) is 6.22. The monoisotopic (exact) mass is 373 g/mol. The molecule has 0 aliphatic heterocycles. The summed E-state index contributed by atoms with van der Waals surface area (Å²) in [7, 11) is 0. The van der Waals surface area contributed by atoms with E-state index in [-0.39, 0.29) is 30.8 Å². The van der Waals surface area contributed by atoms with E-state index in [1.807, 2.05) is 79.7 Å². The summed E-state index contributed by atoms with van der Waals surface area (Å²) in [6.07, 6.45) is 0.317. The number of ketones is 2.